The first kappa shape index (κ1) is 61.2. The third kappa shape index (κ3) is 13.0. The second-order valence-corrected chi connectivity index (χ2v) is 24.6. The Morgan fingerprint density at radius 3 is 1.33 bits per heavy atom. The van der Waals surface area contributed by atoms with Gasteiger partial charge in [0.25, 0.3) is 17.7 Å². The molecule has 3 aromatic carbocycles. The van der Waals surface area contributed by atoms with E-state index in [0.29, 0.717) is 65.5 Å². The Balaban J connectivity index is 0.000000188. The molecule has 406 valence electrons. The van der Waals surface area contributed by atoms with Crippen molar-refractivity contribution in [1.29, 1.82) is 0 Å². The van der Waals surface area contributed by atoms with E-state index < -0.39 is 53.9 Å². The van der Waals surface area contributed by atoms with E-state index in [2.05, 4.69) is 62.8 Å². The second kappa shape index (κ2) is 25.4. The molecular weight excluding hydrogens is 1320 g/mol. The maximum atomic E-state index is 12.4. The van der Waals surface area contributed by atoms with E-state index in [4.69, 9.17) is 41.8 Å². The van der Waals surface area contributed by atoms with Crippen LogP contribution >= 0.6 is 118 Å². The van der Waals surface area contributed by atoms with E-state index in [1.54, 1.807) is 53.1 Å². The number of carboxylic acid groups (broad SMARTS) is 2. The van der Waals surface area contributed by atoms with E-state index in [1.165, 1.54) is 36.7 Å². The number of halogens is 3. The van der Waals surface area contributed by atoms with Crippen LogP contribution in [0.5, 0.6) is 17.6 Å². The summed E-state index contributed by atoms with van der Waals surface area (Å²) in [6, 6.07) is 13.5. The van der Waals surface area contributed by atoms with Crippen LogP contribution in [0.25, 0.3) is 16.7 Å². The number of aliphatic carboxylic acids is 2. The van der Waals surface area contributed by atoms with Crippen LogP contribution in [-0.4, -0.2) is 81.1 Å². The van der Waals surface area contributed by atoms with Crippen molar-refractivity contribution in [3.8, 4) is 17.6 Å². The molecule has 2 unspecified atom stereocenters. The molecule has 6 aromatic rings. The standard InChI is InChI=1S/C17H13BrN2O5S2.C16H11BrN2O5S2.C16H13BrN2O3S2.CH4/c1-7(21)11(4-5-12(22)23)20-16(25)14(27-17(20)26)13-9-6-8(18)2-3-10(9)19-15(13)24;1-6(20)10(5-11(21)22)19-15(24)13(26-16(19)25)12-8-4-7(17)2-3-9(8)18-14(12)23;1-8(20)3-2-6-19-15(22)13(24-16(19)23)12-10-7-9(17)4-5-11(10)18-14(12)21;/h2-3,6,11,25H,4-5H2,1H3,(H,22,23);2-4,10,24H,5H2,1H3,(H,21,22);4-5,7,22H,2-3,6H2,1H3;1H4/p-1. The van der Waals surface area contributed by atoms with Gasteiger partial charge in [0.1, 0.15) is 26.5 Å². The second-order valence-electron chi connectivity index (χ2n) is 16.9. The molecule has 0 saturated carbocycles. The van der Waals surface area contributed by atoms with Crippen molar-refractivity contribution in [2.45, 2.75) is 78.9 Å². The molecule has 0 bridgehead atoms. The minimum atomic E-state index is -1.45. The predicted octanol–water partition coefficient (Wildman–Crippen LogP) is 5.59. The number of ketones is 3. The summed E-state index contributed by atoms with van der Waals surface area (Å²) in [5, 5.41) is 55.1. The molecule has 9 rings (SSSR count). The van der Waals surface area contributed by atoms with Crippen molar-refractivity contribution < 1.29 is 63.9 Å². The number of benzene rings is 3. The number of aromatic hydroxyl groups is 3. The average Bonchev–Trinajstić information content (AvgIpc) is 4.16. The van der Waals surface area contributed by atoms with Gasteiger partial charge in [-0.2, -0.15) is 0 Å². The quantitative estimate of drug-likeness (QED) is 0.0859. The van der Waals surface area contributed by atoms with Crippen LogP contribution in [0.1, 0.15) is 87.0 Å². The van der Waals surface area contributed by atoms with E-state index >= 15 is 0 Å². The van der Waals surface area contributed by atoms with Gasteiger partial charge in [0, 0.05) is 60.9 Å². The third-order valence-electron chi connectivity index (χ3n) is 11.6. The highest BCUT2D eigenvalue weighted by molar-refractivity contribution is 9.11. The molecule has 3 aliphatic heterocycles. The summed E-state index contributed by atoms with van der Waals surface area (Å²) in [7, 11) is 0. The zero-order valence-electron chi connectivity index (χ0n) is 39.8. The summed E-state index contributed by atoms with van der Waals surface area (Å²) >= 11 is 28.9. The highest BCUT2D eigenvalue weighted by atomic mass is 79.9. The number of thiazole rings is 3. The number of carbonyl (C=O) groups is 8. The van der Waals surface area contributed by atoms with Gasteiger partial charge in [-0.05, 0) is 125 Å². The van der Waals surface area contributed by atoms with E-state index in [0.717, 1.165) is 40.7 Å². The molecule has 3 amide bonds. The molecular formula is C50H40Br3N6O13S6-. The molecule has 19 nitrogen and oxygen atoms in total. The minimum Gasteiger partial charge on any atom is -0.550 e. The van der Waals surface area contributed by atoms with Crippen molar-refractivity contribution in [1.82, 2.24) is 13.7 Å². The van der Waals surface area contributed by atoms with Crippen LogP contribution in [-0.2, 0) is 44.9 Å². The summed E-state index contributed by atoms with van der Waals surface area (Å²) in [5.41, 5.74) is 0.730. The molecule has 0 spiro atoms. The molecule has 0 saturated heterocycles. The Morgan fingerprint density at radius 2 is 0.974 bits per heavy atom. The zero-order valence-corrected chi connectivity index (χ0v) is 49.5. The predicted molar refractivity (Wildman–Crippen MR) is 304 cm³/mol. The minimum absolute atomic E-state index is 0. The number of fused-ring (bicyclic) bond motifs is 3. The first-order valence-corrected chi connectivity index (χ1v) is 28.4. The average molecular weight is 1370 g/mol. The Hall–Kier alpha value is -5.98. The van der Waals surface area contributed by atoms with Gasteiger partial charge in [0.05, 0.1) is 38.8 Å². The summed E-state index contributed by atoms with van der Waals surface area (Å²) < 4.78 is 6.84. The number of rotatable bonds is 16. The fourth-order valence-corrected chi connectivity index (χ4v) is 13.5. The van der Waals surface area contributed by atoms with E-state index in [-0.39, 0.29) is 78.3 Å². The summed E-state index contributed by atoms with van der Waals surface area (Å²) in [4.78, 5) is 107. The van der Waals surface area contributed by atoms with Crippen molar-refractivity contribution in [2.24, 2.45) is 15.0 Å². The number of hydrogen-bond acceptors (Lipinski definition) is 18. The van der Waals surface area contributed by atoms with E-state index in [9.17, 15) is 58.8 Å². The molecule has 2 atom stereocenters. The highest BCUT2D eigenvalue weighted by Gasteiger charge is 2.32. The normalized spacial score (nSPS) is 13.6. The maximum Gasteiger partial charge on any atom is 0.303 e. The molecule has 4 N–H and O–H groups in total. The Labute approximate surface area is 493 Å². The number of amides is 3. The van der Waals surface area contributed by atoms with Gasteiger partial charge in [0.2, 0.25) is 17.6 Å². The van der Waals surface area contributed by atoms with Crippen LogP contribution in [0.15, 0.2) is 83.0 Å². The van der Waals surface area contributed by atoms with Crippen molar-refractivity contribution in [3.63, 3.8) is 0 Å². The number of carboxylic acids is 2. The summed E-state index contributed by atoms with van der Waals surface area (Å²) in [6.07, 6.45) is 0.106. The van der Waals surface area contributed by atoms with Crippen molar-refractivity contribution in [2.75, 3.05) is 0 Å². The fourth-order valence-electron chi connectivity index (χ4n) is 8.14. The molecule has 6 heterocycles. The van der Waals surface area contributed by atoms with Crippen LogP contribution in [0.3, 0.4) is 0 Å². The van der Waals surface area contributed by atoms with Gasteiger partial charge >= 0.3 is 5.97 Å². The SMILES string of the molecule is C.CC(=O)C(CC(=O)[O-])n1c(O)c(C2=c3cc(Br)ccc3=NC2=O)sc1=S.CC(=O)C(CCC(=O)O)n1c(O)c(C2=c3cc(Br)ccc3=NC2=O)sc1=S.CC(=O)CCCn1c(O)c(C2=c3cc(Br)ccc3=NC2=O)sc1=S. The molecule has 28 heteroatoms. The molecule has 3 aliphatic rings. The lowest BCUT2D eigenvalue weighted by molar-refractivity contribution is -0.306. The highest BCUT2D eigenvalue weighted by Crippen LogP contribution is 2.38. The molecule has 0 radical (unpaired) electrons. The number of carbonyl (C=O) groups excluding carboxylic acids is 7. The topological polar surface area (TPSA) is 292 Å². The zero-order chi connectivity index (χ0) is 56.5. The Kier molecular flexibility index (Phi) is 20.0. The van der Waals surface area contributed by atoms with Crippen LogP contribution in [0, 0.1) is 11.9 Å². The number of Topliss-reactive ketones (excluding diaryl/α,β-unsaturated/α-hetero) is 3. The Morgan fingerprint density at radius 1 is 0.603 bits per heavy atom. The van der Waals surface area contributed by atoms with Crippen LogP contribution < -0.4 is 36.8 Å². The lowest BCUT2D eigenvalue weighted by Gasteiger charge is -2.17. The van der Waals surface area contributed by atoms with Gasteiger partial charge in [0.15, 0.2) is 23.4 Å². The summed E-state index contributed by atoms with van der Waals surface area (Å²) in [5.74, 6) is -5.49. The smallest absolute Gasteiger partial charge is 0.303 e. The first-order valence-electron chi connectivity index (χ1n) is 22.3. The number of aromatic nitrogens is 3. The summed E-state index contributed by atoms with van der Waals surface area (Å²) in [6.45, 7) is 4.47. The van der Waals surface area contributed by atoms with Gasteiger partial charge in [-0.25, -0.2) is 15.0 Å². The third-order valence-corrected chi connectivity index (χ3v) is 17.4. The number of hydrogen-bond donors (Lipinski definition) is 4. The van der Waals surface area contributed by atoms with Crippen LogP contribution in [0.2, 0.25) is 0 Å². The van der Waals surface area contributed by atoms with Gasteiger partial charge in [-0.15, -0.1) is 34.0 Å². The van der Waals surface area contributed by atoms with Crippen molar-refractivity contribution >= 4 is 182 Å². The largest absolute Gasteiger partial charge is 0.550 e. The molecule has 0 aliphatic carbocycles. The fraction of sp³-hybridized carbons (Fsp3) is 0.240. The number of nitrogens with zero attached hydrogens (tertiary/aromatic N) is 6. The molecule has 0 fully saturated rings. The van der Waals surface area contributed by atoms with E-state index in [1.807, 2.05) is 6.07 Å². The first-order chi connectivity index (χ1) is 36.3. The lowest BCUT2D eigenvalue weighted by Crippen LogP contribution is -2.29. The van der Waals surface area contributed by atoms with Crippen molar-refractivity contribution in [3.05, 3.63) is 126 Å². The van der Waals surface area contributed by atoms with Gasteiger partial charge in [-0.1, -0.05) is 55.2 Å². The molecule has 78 heavy (non-hydrogen) atoms. The van der Waals surface area contributed by atoms with Gasteiger partial charge in [-0.3, -0.25) is 42.5 Å². The van der Waals surface area contributed by atoms with Crippen LogP contribution in [0.4, 0.5) is 0 Å². The Bertz CT molecular complexity index is 4200. The maximum absolute atomic E-state index is 12.4. The molecule has 3 aromatic heterocycles. The lowest BCUT2D eigenvalue weighted by atomic mass is 10.1. The van der Waals surface area contributed by atoms with Gasteiger partial charge < -0.3 is 35.1 Å². The monoisotopic (exact) mass is 1360 g/mol.